The van der Waals surface area contributed by atoms with Crippen LogP contribution in [0.4, 0.5) is 0 Å². The van der Waals surface area contributed by atoms with Crippen molar-refractivity contribution in [3.8, 4) is 0 Å². The Morgan fingerprint density at radius 2 is 1.95 bits per heavy atom. The largest absolute Gasteiger partial charge is 0.355 e. The first-order chi connectivity index (χ1) is 10.1. The quantitative estimate of drug-likeness (QED) is 0.821. The van der Waals surface area contributed by atoms with Crippen LogP contribution in [-0.2, 0) is 11.3 Å². The molecule has 1 saturated heterocycles. The number of hydrogen-bond acceptors (Lipinski definition) is 6. The van der Waals surface area contributed by atoms with Gasteiger partial charge in [-0.15, -0.1) is 0 Å². The maximum Gasteiger partial charge on any atom is 0.234 e. The van der Waals surface area contributed by atoms with Crippen molar-refractivity contribution in [2.75, 3.05) is 39.3 Å². The summed E-state index contributed by atoms with van der Waals surface area (Å²) in [5.74, 6) is 1.81. The van der Waals surface area contributed by atoms with Crippen LogP contribution in [-0.4, -0.2) is 65.1 Å². The Kier molecular flexibility index (Phi) is 5.69. The molecular weight excluding hydrogens is 270 g/mol. The van der Waals surface area contributed by atoms with Crippen LogP contribution < -0.4 is 5.32 Å². The highest BCUT2D eigenvalue weighted by Gasteiger charge is 2.20. The Morgan fingerprint density at radius 3 is 2.52 bits per heavy atom. The Hall–Kier alpha value is -1.47. The lowest BCUT2D eigenvalue weighted by Gasteiger charge is -2.33. The molecule has 1 aliphatic heterocycles. The maximum atomic E-state index is 11.6. The van der Waals surface area contributed by atoms with Gasteiger partial charge in [0.15, 0.2) is 5.82 Å². The van der Waals surface area contributed by atoms with Gasteiger partial charge in [0.1, 0.15) is 0 Å². The first kappa shape index (κ1) is 15.9. The summed E-state index contributed by atoms with van der Waals surface area (Å²) in [6.45, 7) is 11.5. The van der Waals surface area contributed by atoms with Gasteiger partial charge in [-0.1, -0.05) is 19.0 Å². The van der Waals surface area contributed by atoms with Gasteiger partial charge < -0.3 is 9.84 Å². The first-order valence-electron chi connectivity index (χ1n) is 7.62. The zero-order valence-electron chi connectivity index (χ0n) is 13.1. The number of hydrogen-bond donors (Lipinski definition) is 1. The second kappa shape index (κ2) is 7.51. The van der Waals surface area contributed by atoms with Gasteiger partial charge in [-0.2, -0.15) is 4.98 Å². The van der Waals surface area contributed by atoms with Gasteiger partial charge >= 0.3 is 0 Å². The van der Waals surface area contributed by atoms with Gasteiger partial charge in [-0.05, 0) is 6.92 Å². The first-order valence-corrected chi connectivity index (χ1v) is 7.62. The van der Waals surface area contributed by atoms with E-state index in [0.717, 1.165) is 32.0 Å². The molecule has 21 heavy (non-hydrogen) atoms. The standard InChI is InChI=1S/C14H25N5O2/c1-4-15-13(20)10-19-7-5-18(6-8-19)9-12-16-14(11(2)3)21-17-12/h11H,4-10H2,1-3H3,(H,15,20). The van der Waals surface area contributed by atoms with Crippen molar-refractivity contribution < 1.29 is 9.32 Å². The number of likely N-dealkylation sites (N-methyl/N-ethyl adjacent to an activating group) is 1. The smallest absolute Gasteiger partial charge is 0.234 e. The summed E-state index contributed by atoms with van der Waals surface area (Å²) in [6.07, 6.45) is 0. The monoisotopic (exact) mass is 295 g/mol. The topological polar surface area (TPSA) is 74.5 Å². The van der Waals surface area contributed by atoms with Crippen LogP contribution in [0.1, 0.15) is 38.4 Å². The number of nitrogens with one attached hydrogen (secondary N) is 1. The van der Waals surface area contributed by atoms with Gasteiger partial charge in [-0.3, -0.25) is 14.6 Å². The number of rotatable bonds is 6. The normalized spacial score (nSPS) is 17.3. The molecule has 1 aromatic heterocycles. The third-order valence-corrected chi connectivity index (χ3v) is 3.55. The third-order valence-electron chi connectivity index (χ3n) is 3.55. The molecule has 7 heteroatoms. The molecule has 118 valence electrons. The molecule has 0 atom stereocenters. The fourth-order valence-corrected chi connectivity index (χ4v) is 2.33. The predicted molar refractivity (Wildman–Crippen MR) is 78.8 cm³/mol. The van der Waals surface area contributed by atoms with Crippen molar-refractivity contribution in [1.82, 2.24) is 25.3 Å². The Balaban J connectivity index is 1.74. The van der Waals surface area contributed by atoms with Crippen LogP contribution >= 0.6 is 0 Å². The van der Waals surface area contributed by atoms with E-state index in [4.69, 9.17) is 4.52 Å². The van der Waals surface area contributed by atoms with Crippen LogP contribution in [0.3, 0.4) is 0 Å². The van der Waals surface area contributed by atoms with E-state index < -0.39 is 0 Å². The number of carbonyl (C=O) groups excluding carboxylic acids is 1. The fourth-order valence-electron chi connectivity index (χ4n) is 2.33. The Morgan fingerprint density at radius 1 is 1.29 bits per heavy atom. The van der Waals surface area contributed by atoms with Gasteiger partial charge in [0, 0.05) is 38.6 Å². The molecule has 0 aliphatic carbocycles. The van der Waals surface area contributed by atoms with Crippen LogP contribution in [0.5, 0.6) is 0 Å². The molecule has 1 aromatic rings. The van der Waals surface area contributed by atoms with Crippen LogP contribution in [0, 0.1) is 0 Å². The summed E-state index contributed by atoms with van der Waals surface area (Å²) < 4.78 is 5.22. The minimum absolute atomic E-state index is 0.102. The SMILES string of the molecule is CCNC(=O)CN1CCN(Cc2noc(C(C)C)n2)CC1. The fraction of sp³-hybridized carbons (Fsp3) is 0.786. The lowest BCUT2D eigenvalue weighted by molar-refractivity contribution is -0.122. The third kappa shape index (κ3) is 4.78. The molecule has 1 N–H and O–H groups in total. The van der Waals surface area contributed by atoms with Gasteiger partial charge in [-0.25, -0.2) is 0 Å². The molecule has 0 bridgehead atoms. The zero-order chi connectivity index (χ0) is 15.2. The maximum absolute atomic E-state index is 11.6. The van der Waals surface area contributed by atoms with Crippen molar-refractivity contribution in [2.45, 2.75) is 33.2 Å². The molecular formula is C14H25N5O2. The zero-order valence-corrected chi connectivity index (χ0v) is 13.1. The molecule has 2 rings (SSSR count). The van der Waals surface area contributed by atoms with Crippen molar-refractivity contribution in [3.05, 3.63) is 11.7 Å². The molecule has 1 aliphatic rings. The highest BCUT2D eigenvalue weighted by atomic mass is 16.5. The molecule has 0 spiro atoms. The Labute approximate surface area is 125 Å². The number of carbonyl (C=O) groups is 1. The van der Waals surface area contributed by atoms with E-state index in [1.807, 2.05) is 20.8 Å². The summed E-state index contributed by atoms with van der Waals surface area (Å²) in [5, 5.41) is 6.85. The highest BCUT2D eigenvalue weighted by molar-refractivity contribution is 5.77. The van der Waals surface area contributed by atoms with E-state index in [0.29, 0.717) is 25.5 Å². The van der Waals surface area contributed by atoms with Crippen molar-refractivity contribution in [1.29, 1.82) is 0 Å². The second-order valence-electron chi connectivity index (χ2n) is 5.71. The molecule has 0 aromatic carbocycles. The summed E-state index contributed by atoms with van der Waals surface area (Å²) >= 11 is 0. The molecule has 1 amide bonds. The lowest BCUT2D eigenvalue weighted by Crippen LogP contribution is -2.49. The summed E-state index contributed by atoms with van der Waals surface area (Å²) in [7, 11) is 0. The molecule has 0 unspecified atom stereocenters. The number of piperazine rings is 1. The average Bonchev–Trinajstić information content (AvgIpc) is 2.90. The van der Waals surface area contributed by atoms with Crippen molar-refractivity contribution in [3.63, 3.8) is 0 Å². The molecule has 0 saturated carbocycles. The van der Waals surface area contributed by atoms with E-state index in [1.54, 1.807) is 0 Å². The van der Waals surface area contributed by atoms with Crippen LogP contribution in [0.25, 0.3) is 0 Å². The van der Waals surface area contributed by atoms with Gasteiger partial charge in [0.05, 0.1) is 13.1 Å². The molecule has 0 radical (unpaired) electrons. The van der Waals surface area contributed by atoms with E-state index >= 15 is 0 Å². The predicted octanol–water partition coefficient (Wildman–Crippen LogP) is 0.447. The van der Waals surface area contributed by atoms with Crippen LogP contribution in [0.2, 0.25) is 0 Å². The molecule has 1 fully saturated rings. The van der Waals surface area contributed by atoms with Crippen molar-refractivity contribution in [2.24, 2.45) is 0 Å². The van der Waals surface area contributed by atoms with Crippen LogP contribution in [0.15, 0.2) is 4.52 Å². The average molecular weight is 295 g/mol. The minimum atomic E-state index is 0.102. The van der Waals surface area contributed by atoms with Gasteiger partial charge in [0.2, 0.25) is 11.8 Å². The number of nitrogens with zero attached hydrogens (tertiary/aromatic N) is 4. The summed E-state index contributed by atoms with van der Waals surface area (Å²) in [6, 6.07) is 0. The number of aromatic nitrogens is 2. The van der Waals surface area contributed by atoms with E-state index in [9.17, 15) is 4.79 Å². The Bertz CT molecular complexity index is 452. The second-order valence-corrected chi connectivity index (χ2v) is 5.71. The summed E-state index contributed by atoms with van der Waals surface area (Å²) in [5.41, 5.74) is 0. The van der Waals surface area contributed by atoms with Crippen molar-refractivity contribution >= 4 is 5.91 Å². The van der Waals surface area contributed by atoms with E-state index in [-0.39, 0.29) is 11.8 Å². The number of amides is 1. The lowest BCUT2D eigenvalue weighted by atomic mass is 10.2. The highest BCUT2D eigenvalue weighted by Crippen LogP contribution is 2.12. The van der Waals surface area contributed by atoms with Gasteiger partial charge in [0.25, 0.3) is 0 Å². The van der Waals surface area contributed by atoms with E-state index in [1.165, 1.54) is 0 Å². The molecule has 2 heterocycles. The van der Waals surface area contributed by atoms with E-state index in [2.05, 4.69) is 25.3 Å². The summed E-state index contributed by atoms with van der Waals surface area (Å²) in [4.78, 5) is 20.4. The minimum Gasteiger partial charge on any atom is -0.355 e. The molecule has 7 nitrogen and oxygen atoms in total.